The summed E-state index contributed by atoms with van der Waals surface area (Å²) in [5.41, 5.74) is 1.86. The molecule has 1 aromatic rings. The lowest BCUT2D eigenvalue weighted by Gasteiger charge is -2.03. The quantitative estimate of drug-likeness (QED) is 0.601. The molecule has 15 heavy (non-hydrogen) atoms. The van der Waals surface area contributed by atoms with Crippen LogP contribution in [0.1, 0.15) is 35.7 Å². The van der Waals surface area contributed by atoms with Crippen LogP contribution in [0.15, 0.2) is 22.7 Å². The Balaban J connectivity index is 2.80. The summed E-state index contributed by atoms with van der Waals surface area (Å²) in [6.45, 7) is 3.77. The van der Waals surface area contributed by atoms with E-state index in [0.717, 1.165) is 15.6 Å². The van der Waals surface area contributed by atoms with Gasteiger partial charge in [0.25, 0.3) is 0 Å². The van der Waals surface area contributed by atoms with Crippen molar-refractivity contribution in [2.45, 2.75) is 26.7 Å². The molecule has 0 saturated carbocycles. The van der Waals surface area contributed by atoms with Gasteiger partial charge in [0.1, 0.15) is 0 Å². The van der Waals surface area contributed by atoms with Crippen molar-refractivity contribution >= 4 is 21.7 Å². The Hall–Kier alpha value is -1.07. The van der Waals surface area contributed by atoms with E-state index in [1.165, 1.54) is 0 Å². The van der Waals surface area contributed by atoms with Gasteiger partial charge in [0.2, 0.25) is 0 Å². The molecule has 0 N–H and O–H groups in total. The molecule has 0 heterocycles. The molecule has 0 bridgehead atoms. The fourth-order valence-electron chi connectivity index (χ4n) is 1.29. The minimum Gasteiger partial charge on any atom is -0.294 e. The van der Waals surface area contributed by atoms with Gasteiger partial charge >= 0.3 is 0 Å². The molecule has 0 fully saturated rings. The van der Waals surface area contributed by atoms with Crippen LogP contribution in [0.25, 0.3) is 0 Å². The van der Waals surface area contributed by atoms with Crippen LogP contribution in [0.4, 0.5) is 0 Å². The minimum atomic E-state index is 0.147. The summed E-state index contributed by atoms with van der Waals surface area (Å²) in [5, 5.41) is 0. The molecule has 0 spiro atoms. The summed E-state index contributed by atoms with van der Waals surface area (Å²) < 4.78 is 0.863. The van der Waals surface area contributed by atoms with E-state index in [-0.39, 0.29) is 5.78 Å². The average molecular weight is 265 g/mol. The van der Waals surface area contributed by atoms with Crippen molar-refractivity contribution in [1.29, 1.82) is 0 Å². The van der Waals surface area contributed by atoms with Gasteiger partial charge in [-0.3, -0.25) is 4.79 Å². The number of rotatable bonds is 3. The second kappa shape index (κ2) is 5.72. The van der Waals surface area contributed by atoms with Gasteiger partial charge in [-0.1, -0.05) is 27.6 Å². The highest BCUT2D eigenvalue weighted by Gasteiger charge is 2.08. The third-order valence-electron chi connectivity index (χ3n) is 2.08. The van der Waals surface area contributed by atoms with E-state index in [0.29, 0.717) is 12.8 Å². The number of benzene rings is 1. The number of ketones is 1. The molecule has 1 rings (SSSR count). The van der Waals surface area contributed by atoms with E-state index in [2.05, 4.69) is 27.8 Å². The largest absolute Gasteiger partial charge is 0.294 e. The highest BCUT2D eigenvalue weighted by Crippen LogP contribution is 2.20. The SMILES string of the molecule is CC#CCCC(=O)c1cc(C)ccc1Br. The highest BCUT2D eigenvalue weighted by atomic mass is 79.9. The summed E-state index contributed by atoms with van der Waals surface area (Å²) in [6.07, 6.45) is 1.12. The minimum absolute atomic E-state index is 0.147. The molecule has 0 aliphatic rings. The topological polar surface area (TPSA) is 17.1 Å². The first-order valence-corrected chi connectivity index (χ1v) is 5.63. The summed E-state index contributed by atoms with van der Waals surface area (Å²) in [4.78, 5) is 11.8. The summed E-state index contributed by atoms with van der Waals surface area (Å²) in [5.74, 6) is 5.83. The predicted molar refractivity (Wildman–Crippen MR) is 65.9 cm³/mol. The average Bonchev–Trinajstić information content (AvgIpc) is 2.22. The first-order valence-electron chi connectivity index (χ1n) is 4.84. The number of aryl methyl sites for hydroxylation is 1. The van der Waals surface area contributed by atoms with Crippen molar-refractivity contribution in [1.82, 2.24) is 0 Å². The monoisotopic (exact) mass is 264 g/mol. The van der Waals surface area contributed by atoms with Crippen molar-refractivity contribution in [3.05, 3.63) is 33.8 Å². The van der Waals surface area contributed by atoms with Crippen LogP contribution in [0.3, 0.4) is 0 Å². The molecule has 0 radical (unpaired) electrons. The van der Waals surface area contributed by atoms with Crippen molar-refractivity contribution in [3.63, 3.8) is 0 Å². The van der Waals surface area contributed by atoms with Gasteiger partial charge < -0.3 is 0 Å². The number of hydrogen-bond donors (Lipinski definition) is 0. The fraction of sp³-hybridized carbons (Fsp3) is 0.308. The van der Waals surface area contributed by atoms with E-state index < -0.39 is 0 Å². The second-order valence-corrected chi connectivity index (χ2v) is 4.19. The van der Waals surface area contributed by atoms with E-state index in [1.807, 2.05) is 25.1 Å². The number of hydrogen-bond acceptors (Lipinski definition) is 1. The summed E-state index contributed by atoms with van der Waals surface area (Å²) >= 11 is 3.38. The Morgan fingerprint density at radius 2 is 2.20 bits per heavy atom. The molecule has 0 aromatic heterocycles. The molecule has 0 atom stereocenters. The fourth-order valence-corrected chi connectivity index (χ4v) is 1.76. The van der Waals surface area contributed by atoms with E-state index in [4.69, 9.17) is 0 Å². The maximum absolute atomic E-state index is 11.8. The van der Waals surface area contributed by atoms with E-state index in [1.54, 1.807) is 6.92 Å². The molecule has 1 aromatic carbocycles. The molecule has 0 aliphatic heterocycles. The summed E-state index contributed by atoms with van der Waals surface area (Å²) in [7, 11) is 0. The van der Waals surface area contributed by atoms with Gasteiger partial charge in [-0.15, -0.1) is 11.8 Å². The second-order valence-electron chi connectivity index (χ2n) is 3.33. The lowest BCUT2D eigenvalue weighted by molar-refractivity contribution is 0.0983. The Labute approximate surface area is 99.0 Å². The van der Waals surface area contributed by atoms with Crippen LogP contribution >= 0.6 is 15.9 Å². The van der Waals surface area contributed by atoms with E-state index >= 15 is 0 Å². The maximum atomic E-state index is 11.8. The molecule has 1 nitrogen and oxygen atoms in total. The van der Waals surface area contributed by atoms with Crippen LogP contribution in [-0.2, 0) is 0 Å². The Morgan fingerprint density at radius 3 is 2.87 bits per heavy atom. The van der Waals surface area contributed by atoms with Crippen LogP contribution < -0.4 is 0 Å². The van der Waals surface area contributed by atoms with E-state index in [9.17, 15) is 4.79 Å². The van der Waals surface area contributed by atoms with Crippen molar-refractivity contribution < 1.29 is 4.79 Å². The zero-order valence-electron chi connectivity index (χ0n) is 8.93. The molecular weight excluding hydrogens is 252 g/mol. The van der Waals surface area contributed by atoms with Crippen LogP contribution in [0, 0.1) is 18.8 Å². The number of Topliss-reactive ketones (excluding diaryl/α,β-unsaturated/α-hetero) is 1. The maximum Gasteiger partial charge on any atom is 0.164 e. The van der Waals surface area contributed by atoms with Crippen LogP contribution in [0.5, 0.6) is 0 Å². The van der Waals surface area contributed by atoms with Gasteiger partial charge in [0.15, 0.2) is 5.78 Å². The molecule has 78 valence electrons. The highest BCUT2D eigenvalue weighted by molar-refractivity contribution is 9.10. The van der Waals surface area contributed by atoms with Gasteiger partial charge in [0.05, 0.1) is 0 Å². The molecule has 0 unspecified atom stereocenters. The van der Waals surface area contributed by atoms with Gasteiger partial charge in [-0.25, -0.2) is 0 Å². The zero-order chi connectivity index (χ0) is 11.3. The zero-order valence-corrected chi connectivity index (χ0v) is 10.5. The first kappa shape index (κ1) is 12.0. The van der Waals surface area contributed by atoms with Crippen molar-refractivity contribution in [2.24, 2.45) is 0 Å². The third kappa shape index (κ3) is 3.53. The van der Waals surface area contributed by atoms with Crippen molar-refractivity contribution in [3.8, 4) is 11.8 Å². The molecule has 0 saturated heterocycles. The predicted octanol–water partition coefficient (Wildman–Crippen LogP) is 3.74. The van der Waals surface area contributed by atoms with Crippen LogP contribution in [0.2, 0.25) is 0 Å². The smallest absolute Gasteiger partial charge is 0.164 e. The Bertz CT molecular complexity index is 424. The Kier molecular flexibility index (Phi) is 4.58. The molecule has 0 amide bonds. The number of carbonyl (C=O) groups is 1. The molecule has 0 aliphatic carbocycles. The lowest BCUT2D eigenvalue weighted by atomic mass is 10.0. The number of carbonyl (C=O) groups excluding carboxylic acids is 1. The Morgan fingerprint density at radius 1 is 1.47 bits per heavy atom. The molecular formula is C13H13BrO. The van der Waals surface area contributed by atoms with Gasteiger partial charge in [-0.05, 0) is 26.0 Å². The normalized spacial score (nSPS) is 9.27. The lowest BCUT2D eigenvalue weighted by Crippen LogP contribution is -2.00. The first-order chi connectivity index (χ1) is 7.15. The third-order valence-corrected chi connectivity index (χ3v) is 2.77. The number of halogens is 1. The van der Waals surface area contributed by atoms with Crippen molar-refractivity contribution in [2.75, 3.05) is 0 Å². The van der Waals surface area contributed by atoms with Gasteiger partial charge in [-0.2, -0.15) is 0 Å². The summed E-state index contributed by atoms with van der Waals surface area (Å²) in [6, 6.07) is 5.80. The van der Waals surface area contributed by atoms with Crippen LogP contribution in [-0.4, -0.2) is 5.78 Å². The van der Waals surface area contributed by atoms with Gasteiger partial charge in [0, 0.05) is 22.9 Å². The molecule has 2 heteroatoms. The standard InChI is InChI=1S/C13H13BrO/c1-3-4-5-6-13(15)11-9-10(2)7-8-12(11)14/h7-9H,5-6H2,1-2H3.